The van der Waals surface area contributed by atoms with Crippen molar-refractivity contribution in [2.24, 2.45) is 10.3 Å². The van der Waals surface area contributed by atoms with Crippen LogP contribution in [0.15, 0.2) is 130 Å². The van der Waals surface area contributed by atoms with Gasteiger partial charge in [0.15, 0.2) is 5.76 Å². The number of thioether (sulfide) groups is 1. The van der Waals surface area contributed by atoms with Crippen LogP contribution in [-0.4, -0.2) is 24.2 Å². The first kappa shape index (κ1) is 24.0. The number of benzene rings is 3. The van der Waals surface area contributed by atoms with Gasteiger partial charge in [-0.25, -0.2) is 4.79 Å². The molecule has 3 aromatic carbocycles. The van der Waals surface area contributed by atoms with E-state index in [2.05, 4.69) is 16.4 Å². The Morgan fingerprint density at radius 3 is 2.14 bits per heavy atom. The molecule has 0 aliphatic heterocycles. The smallest absolute Gasteiger partial charge is 0.356 e. The Hall–Kier alpha value is -4.16. The van der Waals surface area contributed by atoms with Crippen LogP contribution in [0.4, 0.5) is 0 Å². The van der Waals surface area contributed by atoms with Gasteiger partial charge in [0.2, 0.25) is 0 Å². The first-order valence-electron chi connectivity index (χ1n) is 11.1. The summed E-state index contributed by atoms with van der Waals surface area (Å²) in [6.45, 7) is 0. The number of carbonyl (C=O) groups excluding carboxylic acids is 1. The number of hydrogen-bond donors (Lipinski definition) is 0. The van der Waals surface area contributed by atoms with E-state index in [9.17, 15) is 4.79 Å². The molecule has 0 unspecified atom stereocenters. The minimum atomic E-state index is -0.552. The maximum Gasteiger partial charge on any atom is 0.365 e. The highest BCUT2D eigenvalue weighted by Gasteiger charge is 2.12. The molecule has 4 rings (SSSR count). The highest BCUT2D eigenvalue weighted by atomic mass is 32.2. The summed E-state index contributed by atoms with van der Waals surface area (Å²) in [4.78, 5) is 24.7. The fraction of sp³-hybridized carbons (Fsp3) is 0.0690. The highest BCUT2D eigenvalue weighted by Crippen LogP contribution is 2.25. The third kappa shape index (κ3) is 6.68. The van der Waals surface area contributed by atoms with Crippen molar-refractivity contribution in [2.75, 3.05) is 6.26 Å². The zero-order valence-corrected chi connectivity index (χ0v) is 20.0. The summed E-state index contributed by atoms with van der Waals surface area (Å²) in [5.74, 6) is 0.102. The monoisotopic (exact) mass is 480 g/mol. The fourth-order valence-electron chi connectivity index (χ4n) is 3.33. The summed E-state index contributed by atoms with van der Waals surface area (Å²) < 4.78 is 0. The van der Waals surface area contributed by atoms with Gasteiger partial charge >= 0.3 is 5.97 Å². The average molecular weight is 481 g/mol. The molecule has 0 spiro atoms. The third-order valence-corrected chi connectivity index (χ3v) is 5.89. The van der Waals surface area contributed by atoms with Crippen LogP contribution in [0.3, 0.4) is 0 Å². The van der Waals surface area contributed by atoms with Gasteiger partial charge in [0.25, 0.3) is 0 Å². The lowest BCUT2D eigenvalue weighted by Gasteiger charge is -2.11. The maximum absolute atomic E-state index is 12.4. The molecule has 0 N–H and O–H groups in total. The van der Waals surface area contributed by atoms with Crippen LogP contribution in [0.25, 0.3) is 5.76 Å². The molecule has 0 saturated heterocycles. The molecule has 0 aromatic heterocycles. The van der Waals surface area contributed by atoms with Crippen molar-refractivity contribution in [3.8, 4) is 0 Å². The Morgan fingerprint density at radius 2 is 1.51 bits per heavy atom. The fourth-order valence-corrected chi connectivity index (χ4v) is 3.74. The SMILES string of the molecule is CSc1ccc(C(C=NOC(=C2C=CC=CC2)c2ccccc2)=NOC(=O)c2ccccc2)cc1. The second-order valence-corrected chi connectivity index (χ2v) is 8.37. The largest absolute Gasteiger partial charge is 0.365 e. The van der Waals surface area contributed by atoms with E-state index in [1.807, 2.05) is 85.1 Å². The molecule has 0 radical (unpaired) electrons. The number of carbonyl (C=O) groups is 1. The Morgan fingerprint density at radius 1 is 0.829 bits per heavy atom. The molecular formula is C29H24N2O3S. The van der Waals surface area contributed by atoms with Gasteiger partial charge in [0, 0.05) is 21.6 Å². The zero-order valence-electron chi connectivity index (χ0n) is 19.2. The van der Waals surface area contributed by atoms with E-state index in [1.54, 1.807) is 36.0 Å². The summed E-state index contributed by atoms with van der Waals surface area (Å²) in [6, 6.07) is 26.3. The molecule has 0 amide bonds. The molecular weight excluding hydrogens is 456 g/mol. The predicted molar refractivity (Wildman–Crippen MR) is 142 cm³/mol. The molecule has 0 atom stereocenters. The Kier molecular flexibility index (Phi) is 8.46. The Labute approximate surface area is 209 Å². The summed E-state index contributed by atoms with van der Waals surface area (Å²) in [6.07, 6.45) is 12.2. The first-order chi connectivity index (χ1) is 17.2. The van der Waals surface area contributed by atoms with E-state index in [4.69, 9.17) is 9.68 Å². The van der Waals surface area contributed by atoms with Crippen LogP contribution in [0.1, 0.15) is 27.9 Å². The van der Waals surface area contributed by atoms with E-state index in [1.165, 1.54) is 6.21 Å². The van der Waals surface area contributed by atoms with Crippen molar-refractivity contribution >= 4 is 35.4 Å². The highest BCUT2D eigenvalue weighted by molar-refractivity contribution is 7.98. The molecule has 35 heavy (non-hydrogen) atoms. The van der Waals surface area contributed by atoms with Crippen LogP contribution in [-0.2, 0) is 9.68 Å². The molecule has 0 fully saturated rings. The van der Waals surface area contributed by atoms with Gasteiger partial charge in [-0.05, 0) is 36.9 Å². The van der Waals surface area contributed by atoms with Crippen molar-refractivity contribution in [2.45, 2.75) is 11.3 Å². The minimum absolute atomic E-state index is 0.360. The summed E-state index contributed by atoms with van der Waals surface area (Å²) >= 11 is 1.64. The molecule has 6 heteroatoms. The zero-order chi connectivity index (χ0) is 24.3. The second kappa shape index (κ2) is 12.3. The summed E-state index contributed by atoms with van der Waals surface area (Å²) in [5.41, 5.74) is 3.44. The standard InChI is InChI=1S/C29H24N2O3S/c1-35-26-19-17-22(18-20-26)27(31-34-29(32)25-15-9-4-10-16-25)21-30-33-28(23-11-5-2-6-12-23)24-13-7-3-8-14-24/h2-13,15-21H,14H2,1H3. The van der Waals surface area contributed by atoms with Crippen LogP contribution in [0.5, 0.6) is 0 Å². The molecule has 1 aliphatic rings. The van der Waals surface area contributed by atoms with Gasteiger partial charge in [-0.2, -0.15) is 0 Å². The minimum Gasteiger partial charge on any atom is -0.356 e. The first-order valence-corrected chi connectivity index (χ1v) is 12.3. The summed E-state index contributed by atoms with van der Waals surface area (Å²) in [7, 11) is 0. The van der Waals surface area contributed by atoms with E-state index in [-0.39, 0.29) is 0 Å². The van der Waals surface area contributed by atoms with Gasteiger partial charge in [-0.1, -0.05) is 95.3 Å². The normalized spacial score (nSPS) is 14.7. The predicted octanol–water partition coefficient (Wildman–Crippen LogP) is 6.90. The van der Waals surface area contributed by atoms with Gasteiger partial charge in [0.1, 0.15) is 5.71 Å². The van der Waals surface area contributed by atoms with Crippen LogP contribution < -0.4 is 0 Å². The van der Waals surface area contributed by atoms with Gasteiger partial charge in [-0.3, -0.25) is 0 Å². The van der Waals surface area contributed by atoms with Crippen LogP contribution >= 0.6 is 11.8 Å². The van der Waals surface area contributed by atoms with Crippen LogP contribution in [0, 0.1) is 0 Å². The maximum atomic E-state index is 12.4. The van der Waals surface area contributed by atoms with Crippen molar-refractivity contribution in [3.63, 3.8) is 0 Å². The number of oxime groups is 2. The van der Waals surface area contributed by atoms with Crippen molar-refractivity contribution < 1.29 is 14.5 Å². The molecule has 3 aromatic rings. The number of nitrogens with zero attached hydrogens (tertiary/aromatic N) is 2. The van der Waals surface area contributed by atoms with Crippen molar-refractivity contribution in [1.29, 1.82) is 0 Å². The van der Waals surface area contributed by atoms with Crippen molar-refractivity contribution in [1.82, 2.24) is 0 Å². The lowest BCUT2D eigenvalue weighted by molar-refractivity contribution is 0.0517. The lowest BCUT2D eigenvalue weighted by Crippen LogP contribution is -2.08. The second-order valence-electron chi connectivity index (χ2n) is 7.49. The number of hydrogen-bond acceptors (Lipinski definition) is 6. The Bertz CT molecular complexity index is 1290. The van der Waals surface area contributed by atoms with Crippen molar-refractivity contribution in [3.05, 3.63) is 131 Å². The van der Waals surface area contributed by atoms with E-state index < -0.39 is 5.97 Å². The molecule has 174 valence electrons. The molecule has 0 bridgehead atoms. The Balaban J connectivity index is 1.61. The number of rotatable bonds is 8. The summed E-state index contributed by atoms with van der Waals surface area (Å²) in [5, 5.41) is 8.32. The number of allylic oxidation sites excluding steroid dienone is 5. The average Bonchev–Trinajstić information content (AvgIpc) is 2.94. The van der Waals surface area contributed by atoms with E-state index in [0.29, 0.717) is 17.0 Å². The van der Waals surface area contributed by atoms with Gasteiger partial charge in [-0.15, -0.1) is 11.8 Å². The van der Waals surface area contributed by atoms with E-state index in [0.717, 1.165) is 28.0 Å². The van der Waals surface area contributed by atoms with E-state index >= 15 is 0 Å². The van der Waals surface area contributed by atoms with Gasteiger partial charge < -0.3 is 9.68 Å². The van der Waals surface area contributed by atoms with Gasteiger partial charge in [0.05, 0.1) is 11.8 Å². The van der Waals surface area contributed by atoms with Crippen LogP contribution in [0.2, 0.25) is 0 Å². The molecule has 1 aliphatic carbocycles. The lowest BCUT2D eigenvalue weighted by atomic mass is 10.0. The third-order valence-electron chi connectivity index (χ3n) is 5.15. The quantitative estimate of drug-likeness (QED) is 0.116. The topological polar surface area (TPSA) is 60.3 Å². The molecule has 5 nitrogen and oxygen atoms in total. The molecule has 0 heterocycles. The molecule has 0 saturated carbocycles.